The number of aromatic amines is 1. The lowest BCUT2D eigenvalue weighted by Crippen LogP contribution is -2.01. The number of carbonyl (C=O) groups is 2. The van der Waals surface area contributed by atoms with Crippen LogP contribution >= 0.6 is 15.9 Å². The van der Waals surface area contributed by atoms with Crippen molar-refractivity contribution in [2.24, 2.45) is 0 Å². The molecular weight excluding hydrogens is 242 g/mol. The lowest BCUT2D eigenvalue weighted by Gasteiger charge is -1.94. The average molecular weight is 250 g/mol. The Morgan fingerprint density at radius 2 is 2.31 bits per heavy atom. The van der Waals surface area contributed by atoms with Crippen LogP contribution in [0, 0.1) is 0 Å². The van der Waals surface area contributed by atoms with E-state index in [-0.39, 0.29) is 12.4 Å². The van der Waals surface area contributed by atoms with E-state index < -0.39 is 0 Å². The number of hydrogen-bond acceptors (Lipinski definition) is 3. The number of aromatic nitrogens is 1. The normalized spacial score (nSPS) is 8.15. The van der Waals surface area contributed by atoms with Gasteiger partial charge in [-0.25, -0.2) is 4.79 Å². The summed E-state index contributed by atoms with van der Waals surface area (Å²) >= 11 is 3.18. The van der Waals surface area contributed by atoms with E-state index in [0.29, 0.717) is 5.69 Å². The highest BCUT2D eigenvalue weighted by Gasteiger charge is 2.09. The fourth-order valence-corrected chi connectivity index (χ4v) is 1.02. The smallest absolute Gasteiger partial charge is 0.355 e. The van der Waals surface area contributed by atoms with Crippen molar-refractivity contribution in [2.45, 2.75) is 0 Å². The van der Waals surface area contributed by atoms with E-state index in [9.17, 15) is 4.79 Å². The third-order valence-corrected chi connectivity index (χ3v) is 1.75. The second-order valence-corrected chi connectivity index (χ2v) is 2.65. The van der Waals surface area contributed by atoms with Crippen LogP contribution in [-0.2, 0) is 9.53 Å². The summed E-state index contributed by atoms with van der Waals surface area (Å²) in [7, 11) is 1.34. The van der Waals surface area contributed by atoms with Gasteiger partial charge in [0.15, 0.2) is 0 Å². The fraction of sp³-hybridized carbons (Fsp3) is 0.143. The zero-order chi connectivity index (χ0) is 10.3. The first-order valence-corrected chi connectivity index (χ1v) is 3.95. The molecule has 0 bridgehead atoms. The zero-order valence-electron chi connectivity index (χ0n) is 6.78. The molecule has 6 heteroatoms. The van der Waals surface area contributed by atoms with E-state index in [0.717, 1.165) is 4.47 Å². The maximum atomic E-state index is 10.8. The molecule has 72 valence electrons. The molecule has 0 spiro atoms. The van der Waals surface area contributed by atoms with Crippen LogP contribution in [0.1, 0.15) is 10.5 Å². The summed E-state index contributed by atoms with van der Waals surface area (Å²) in [5, 5.41) is 6.89. The molecule has 2 N–H and O–H groups in total. The highest BCUT2D eigenvalue weighted by atomic mass is 79.9. The Morgan fingerprint density at radius 1 is 1.77 bits per heavy atom. The van der Waals surface area contributed by atoms with Crippen molar-refractivity contribution in [1.82, 2.24) is 4.98 Å². The lowest BCUT2D eigenvalue weighted by molar-refractivity contribution is -0.122. The molecule has 0 aromatic carbocycles. The molecule has 0 unspecified atom stereocenters. The van der Waals surface area contributed by atoms with Gasteiger partial charge >= 0.3 is 5.97 Å². The second-order valence-electron chi connectivity index (χ2n) is 1.80. The van der Waals surface area contributed by atoms with Gasteiger partial charge in [-0.3, -0.25) is 4.79 Å². The number of esters is 1. The molecule has 0 saturated carbocycles. The van der Waals surface area contributed by atoms with Crippen LogP contribution in [0.5, 0.6) is 0 Å². The van der Waals surface area contributed by atoms with Crippen molar-refractivity contribution in [3.63, 3.8) is 0 Å². The predicted molar refractivity (Wildman–Crippen MR) is 48.5 cm³/mol. The number of hydrogen-bond donors (Lipinski definition) is 2. The molecule has 13 heavy (non-hydrogen) atoms. The molecule has 5 nitrogen and oxygen atoms in total. The number of ether oxygens (including phenoxy) is 1. The molecule has 0 saturated heterocycles. The highest BCUT2D eigenvalue weighted by Crippen LogP contribution is 2.14. The third-order valence-electron chi connectivity index (χ3n) is 1.09. The van der Waals surface area contributed by atoms with Crippen molar-refractivity contribution in [2.75, 3.05) is 7.11 Å². The van der Waals surface area contributed by atoms with Crippen molar-refractivity contribution in [1.29, 1.82) is 0 Å². The summed E-state index contributed by atoms with van der Waals surface area (Å²) in [6.07, 6.45) is 1.66. The predicted octanol–water partition coefficient (Wildman–Crippen LogP) is 1.26. The van der Waals surface area contributed by atoms with Gasteiger partial charge in [0.2, 0.25) is 0 Å². The lowest BCUT2D eigenvalue weighted by atomic mass is 10.4. The molecular formula is C7H8BrNO4. The summed E-state index contributed by atoms with van der Waals surface area (Å²) in [4.78, 5) is 21.9. The maximum Gasteiger partial charge on any atom is 0.355 e. The monoisotopic (exact) mass is 249 g/mol. The summed E-state index contributed by atoms with van der Waals surface area (Å²) in [5.41, 5.74) is 0.447. The first-order valence-electron chi connectivity index (χ1n) is 3.16. The number of carboxylic acid groups (broad SMARTS) is 1. The van der Waals surface area contributed by atoms with Crippen LogP contribution in [0.2, 0.25) is 0 Å². The summed E-state index contributed by atoms with van der Waals surface area (Å²) in [6.45, 7) is -0.250. The van der Waals surface area contributed by atoms with E-state index in [1.54, 1.807) is 12.3 Å². The van der Waals surface area contributed by atoms with Gasteiger partial charge in [0.05, 0.1) is 7.11 Å². The minimum Gasteiger partial charge on any atom is -0.483 e. The van der Waals surface area contributed by atoms with E-state index in [1.165, 1.54) is 7.11 Å². The third kappa shape index (κ3) is 3.75. The van der Waals surface area contributed by atoms with Crippen molar-refractivity contribution >= 4 is 28.4 Å². The number of nitrogens with one attached hydrogen (secondary N) is 1. The van der Waals surface area contributed by atoms with Gasteiger partial charge in [-0.05, 0) is 22.0 Å². The van der Waals surface area contributed by atoms with Crippen LogP contribution < -0.4 is 0 Å². The Kier molecular flexibility index (Phi) is 5.62. The summed E-state index contributed by atoms with van der Waals surface area (Å²) in [5.74, 6) is -0.364. The standard InChI is InChI=1S/C6H6BrNO2.CH2O2/c1-10-6(9)5-4(7)2-3-8-5;2-1-3/h2-3,8H,1H3;1H,(H,2,3). The maximum absolute atomic E-state index is 10.8. The van der Waals surface area contributed by atoms with Gasteiger partial charge in [0.1, 0.15) is 5.69 Å². The second kappa shape index (κ2) is 6.24. The van der Waals surface area contributed by atoms with E-state index >= 15 is 0 Å². The molecule has 1 aromatic rings. The number of H-pyrrole nitrogens is 1. The minimum absolute atomic E-state index is 0.250. The number of carbonyl (C=O) groups excluding carboxylic acids is 1. The van der Waals surface area contributed by atoms with E-state index in [2.05, 4.69) is 25.7 Å². The molecule has 0 fully saturated rings. The highest BCUT2D eigenvalue weighted by molar-refractivity contribution is 9.10. The molecule has 0 aliphatic rings. The van der Waals surface area contributed by atoms with Gasteiger partial charge in [0, 0.05) is 10.7 Å². The van der Waals surface area contributed by atoms with Crippen molar-refractivity contribution in [3.8, 4) is 0 Å². The molecule has 0 atom stereocenters. The van der Waals surface area contributed by atoms with Gasteiger partial charge in [-0.15, -0.1) is 0 Å². The van der Waals surface area contributed by atoms with Crippen molar-refractivity contribution < 1.29 is 19.4 Å². The van der Waals surface area contributed by atoms with Crippen LogP contribution in [0.25, 0.3) is 0 Å². The molecule has 0 aliphatic carbocycles. The Morgan fingerprint density at radius 3 is 2.62 bits per heavy atom. The molecule has 1 rings (SSSR count). The molecule has 1 heterocycles. The van der Waals surface area contributed by atoms with E-state index in [4.69, 9.17) is 9.90 Å². The molecule has 1 aromatic heterocycles. The molecule has 0 aliphatic heterocycles. The number of halogens is 1. The van der Waals surface area contributed by atoms with Crippen LogP contribution in [0.15, 0.2) is 16.7 Å². The number of methoxy groups -OCH3 is 1. The van der Waals surface area contributed by atoms with Gasteiger partial charge in [0.25, 0.3) is 6.47 Å². The summed E-state index contributed by atoms with van der Waals surface area (Å²) in [6, 6.07) is 1.74. The minimum atomic E-state index is -0.364. The SMILES string of the molecule is COC(=O)c1[nH]ccc1Br.O=CO. The quantitative estimate of drug-likeness (QED) is 0.581. The Bertz CT molecular complexity index is 284. The molecule has 0 amide bonds. The van der Waals surface area contributed by atoms with Gasteiger partial charge in [-0.1, -0.05) is 0 Å². The largest absolute Gasteiger partial charge is 0.483 e. The summed E-state index contributed by atoms with van der Waals surface area (Å²) < 4.78 is 5.20. The van der Waals surface area contributed by atoms with Crippen LogP contribution in [0.4, 0.5) is 0 Å². The zero-order valence-corrected chi connectivity index (χ0v) is 8.37. The van der Waals surface area contributed by atoms with Gasteiger partial charge < -0.3 is 14.8 Å². The first kappa shape index (κ1) is 11.7. The first-order chi connectivity index (χ1) is 6.17. The van der Waals surface area contributed by atoms with Gasteiger partial charge in [-0.2, -0.15) is 0 Å². The number of rotatable bonds is 1. The van der Waals surface area contributed by atoms with Crippen molar-refractivity contribution in [3.05, 3.63) is 22.4 Å². The fourth-order valence-electron chi connectivity index (χ4n) is 0.609. The average Bonchev–Trinajstić information content (AvgIpc) is 2.52. The Labute approximate surface area is 82.8 Å². The Balaban J connectivity index is 0.000000424. The molecule has 0 radical (unpaired) electrons. The Hall–Kier alpha value is -1.30. The van der Waals surface area contributed by atoms with E-state index in [1.807, 2.05) is 0 Å². The van der Waals surface area contributed by atoms with Crippen LogP contribution in [-0.4, -0.2) is 29.6 Å². The van der Waals surface area contributed by atoms with Crippen LogP contribution in [0.3, 0.4) is 0 Å². The topological polar surface area (TPSA) is 79.4 Å².